The van der Waals surface area contributed by atoms with E-state index in [1.165, 1.54) is 6.07 Å². The molecule has 0 spiro atoms. The van der Waals surface area contributed by atoms with E-state index in [0.717, 1.165) is 28.7 Å². The van der Waals surface area contributed by atoms with E-state index in [9.17, 15) is 8.78 Å². The smallest absolute Gasteiger partial charge is 0.191 e. The SMILES string of the molecule is CN=C(NCc1cc2ccccc2[nH]1)NCc1cc(F)ccc1F.I. The van der Waals surface area contributed by atoms with Crippen molar-refractivity contribution in [2.75, 3.05) is 7.05 Å². The van der Waals surface area contributed by atoms with Gasteiger partial charge in [0.05, 0.1) is 6.54 Å². The van der Waals surface area contributed by atoms with Gasteiger partial charge in [0.1, 0.15) is 11.6 Å². The highest BCUT2D eigenvalue weighted by molar-refractivity contribution is 14.0. The molecule has 0 atom stereocenters. The Hall–Kier alpha value is -2.16. The number of aromatic amines is 1. The molecule has 3 aromatic rings. The number of benzene rings is 2. The molecule has 0 aliphatic carbocycles. The number of hydrogen-bond acceptors (Lipinski definition) is 1. The van der Waals surface area contributed by atoms with E-state index in [-0.39, 0.29) is 36.1 Å². The fourth-order valence-corrected chi connectivity index (χ4v) is 2.49. The molecule has 132 valence electrons. The lowest BCUT2D eigenvalue weighted by Gasteiger charge is -2.12. The van der Waals surface area contributed by atoms with Gasteiger partial charge in [-0.25, -0.2) is 8.78 Å². The van der Waals surface area contributed by atoms with Crippen molar-refractivity contribution in [3.8, 4) is 0 Å². The summed E-state index contributed by atoms with van der Waals surface area (Å²) in [6, 6.07) is 13.5. The summed E-state index contributed by atoms with van der Waals surface area (Å²) in [6.07, 6.45) is 0. The zero-order valence-corrected chi connectivity index (χ0v) is 16.0. The van der Waals surface area contributed by atoms with Crippen molar-refractivity contribution >= 4 is 40.8 Å². The van der Waals surface area contributed by atoms with Crippen molar-refractivity contribution in [1.82, 2.24) is 15.6 Å². The third kappa shape index (κ3) is 4.91. The van der Waals surface area contributed by atoms with Crippen molar-refractivity contribution in [3.05, 3.63) is 71.4 Å². The van der Waals surface area contributed by atoms with E-state index < -0.39 is 11.6 Å². The van der Waals surface area contributed by atoms with Crippen LogP contribution in [-0.2, 0) is 13.1 Å². The van der Waals surface area contributed by atoms with Crippen LogP contribution in [-0.4, -0.2) is 18.0 Å². The van der Waals surface area contributed by atoms with Gasteiger partial charge in [-0.05, 0) is 35.7 Å². The molecular formula is C18H19F2IN4. The number of guanidine groups is 1. The average molecular weight is 456 g/mol. The van der Waals surface area contributed by atoms with Gasteiger partial charge in [0.25, 0.3) is 0 Å². The summed E-state index contributed by atoms with van der Waals surface area (Å²) in [4.78, 5) is 7.40. The molecule has 0 aliphatic heterocycles. The summed E-state index contributed by atoms with van der Waals surface area (Å²) in [5.74, 6) is -0.401. The zero-order chi connectivity index (χ0) is 16.9. The minimum absolute atomic E-state index is 0. The van der Waals surface area contributed by atoms with E-state index in [2.05, 4.69) is 26.7 Å². The predicted molar refractivity (Wildman–Crippen MR) is 107 cm³/mol. The van der Waals surface area contributed by atoms with E-state index in [1.807, 2.05) is 24.3 Å². The molecule has 0 amide bonds. The number of nitrogens with one attached hydrogen (secondary N) is 3. The maximum Gasteiger partial charge on any atom is 0.191 e. The fourth-order valence-electron chi connectivity index (χ4n) is 2.49. The van der Waals surface area contributed by atoms with Gasteiger partial charge in [-0.15, -0.1) is 24.0 Å². The van der Waals surface area contributed by atoms with Gasteiger partial charge < -0.3 is 15.6 Å². The third-order valence-corrected chi connectivity index (χ3v) is 3.71. The Labute approximate surface area is 161 Å². The number of hydrogen-bond donors (Lipinski definition) is 3. The van der Waals surface area contributed by atoms with Crippen LogP contribution in [0.15, 0.2) is 53.5 Å². The number of aliphatic imine (C=N–C) groups is 1. The van der Waals surface area contributed by atoms with Crippen LogP contribution < -0.4 is 10.6 Å². The highest BCUT2D eigenvalue weighted by Crippen LogP contribution is 2.14. The molecule has 25 heavy (non-hydrogen) atoms. The number of H-pyrrole nitrogens is 1. The second-order valence-electron chi connectivity index (χ2n) is 5.40. The molecule has 0 saturated heterocycles. The molecule has 7 heteroatoms. The first-order valence-electron chi connectivity index (χ1n) is 7.61. The first kappa shape index (κ1) is 19.2. The summed E-state index contributed by atoms with van der Waals surface area (Å²) < 4.78 is 26.8. The lowest BCUT2D eigenvalue weighted by atomic mass is 10.2. The van der Waals surface area contributed by atoms with E-state index in [4.69, 9.17) is 0 Å². The van der Waals surface area contributed by atoms with Gasteiger partial charge in [-0.2, -0.15) is 0 Å². The summed E-state index contributed by atoms with van der Waals surface area (Å²) in [6.45, 7) is 0.690. The van der Waals surface area contributed by atoms with Crippen molar-refractivity contribution in [2.24, 2.45) is 4.99 Å². The number of aromatic nitrogens is 1. The van der Waals surface area contributed by atoms with Gasteiger partial charge in [0, 0.05) is 30.4 Å². The van der Waals surface area contributed by atoms with Crippen LogP contribution in [0.25, 0.3) is 10.9 Å². The third-order valence-electron chi connectivity index (χ3n) is 3.71. The Bertz CT molecular complexity index is 843. The van der Waals surface area contributed by atoms with Crippen LogP contribution >= 0.6 is 24.0 Å². The Morgan fingerprint density at radius 1 is 1.04 bits per heavy atom. The lowest BCUT2D eigenvalue weighted by Crippen LogP contribution is -2.36. The van der Waals surface area contributed by atoms with Crippen LogP contribution in [0.3, 0.4) is 0 Å². The van der Waals surface area contributed by atoms with E-state index in [0.29, 0.717) is 12.5 Å². The molecule has 1 aromatic heterocycles. The standard InChI is InChI=1S/C18H18F2N4.HI/c1-21-18(22-10-13-8-14(19)6-7-16(13)20)23-11-15-9-12-4-2-3-5-17(12)24-15;/h2-9,24H,10-11H2,1H3,(H2,21,22,23);1H. The maximum absolute atomic E-state index is 13.6. The minimum atomic E-state index is -0.464. The molecular weight excluding hydrogens is 437 g/mol. The average Bonchev–Trinajstić information content (AvgIpc) is 3.00. The van der Waals surface area contributed by atoms with Gasteiger partial charge in [-0.1, -0.05) is 18.2 Å². The predicted octanol–water partition coefficient (Wildman–Crippen LogP) is 3.93. The number of fused-ring (bicyclic) bond motifs is 1. The molecule has 0 unspecified atom stereocenters. The normalized spacial score (nSPS) is 11.2. The van der Waals surface area contributed by atoms with Crippen LogP contribution in [0.5, 0.6) is 0 Å². The quantitative estimate of drug-likeness (QED) is 0.317. The zero-order valence-electron chi connectivity index (χ0n) is 13.6. The monoisotopic (exact) mass is 456 g/mol. The molecule has 3 N–H and O–H groups in total. The molecule has 0 bridgehead atoms. The number of para-hydroxylation sites is 1. The second-order valence-corrected chi connectivity index (χ2v) is 5.40. The van der Waals surface area contributed by atoms with Crippen molar-refractivity contribution in [2.45, 2.75) is 13.1 Å². The Balaban J connectivity index is 0.00000225. The number of rotatable bonds is 4. The first-order valence-corrected chi connectivity index (χ1v) is 7.61. The lowest BCUT2D eigenvalue weighted by molar-refractivity contribution is 0.581. The van der Waals surface area contributed by atoms with Crippen LogP contribution in [0.4, 0.5) is 8.78 Å². The summed E-state index contributed by atoms with van der Waals surface area (Å²) in [5, 5.41) is 7.26. The van der Waals surface area contributed by atoms with Gasteiger partial charge in [0.15, 0.2) is 5.96 Å². The summed E-state index contributed by atoms with van der Waals surface area (Å²) in [5.41, 5.74) is 2.33. The molecule has 0 saturated carbocycles. The maximum atomic E-state index is 13.6. The minimum Gasteiger partial charge on any atom is -0.357 e. The Morgan fingerprint density at radius 3 is 2.56 bits per heavy atom. The summed E-state index contributed by atoms with van der Waals surface area (Å²) in [7, 11) is 1.63. The number of halogens is 3. The van der Waals surface area contributed by atoms with Crippen molar-refractivity contribution in [3.63, 3.8) is 0 Å². The topological polar surface area (TPSA) is 52.2 Å². The molecule has 0 radical (unpaired) electrons. The van der Waals surface area contributed by atoms with Crippen LogP contribution in [0, 0.1) is 11.6 Å². The number of nitrogens with zero attached hydrogens (tertiary/aromatic N) is 1. The van der Waals surface area contributed by atoms with Gasteiger partial charge >= 0.3 is 0 Å². The second kappa shape index (κ2) is 8.80. The molecule has 4 nitrogen and oxygen atoms in total. The summed E-state index contributed by atoms with van der Waals surface area (Å²) >= 11 is 0. The van der Waals surface area contributed by atoms with E-state index in [1.54, 1.807) is 7.05 Å². The van der Waals surface area contributed by atoms with Crippen LogP contribution in [0.1, 0.15) is 11.3 Å². The molecule has 3 rings (SSSR count). The Morgan fingerprint density at radius 2 is 1.80 bits per heavy atom. The van der Waals surface area contributed by atoms with Gasteiger partial charge in [-0.3, -0.25) is 4.99 Å². The Kier molecular flexibility index (Phi) is 6.74. The highest BCUT2D eigenvalue weighted by Gasteiger charge is 2.06. The van der Waals surface area contributed by atoms with E-state index >= 15 is 0 Å². The molecule has 2 aromatic carbocycles. The highest BCUT2D eigenvalue weighted by atomic mass is 127. The fraction of sp³-hybridized carbons (Fsp3) is 0.167. The first-order chi connectivity index (χ1) is 11.7. The molecule has 1 heterocycles. The molecule has 0 fully saturated rings. The largest absolute Gasteiger partial charge is 0.357 e. The van der Waals surface area contributed by atoms with Crippen molar-refractivity contribution in [1.29, 1.82) is 0 Å². The van der Waals surface area contributed by atoms with Crippen molar-refractivity contribution < 1.29 is 8.78 Å². The van der Waals surface area contributed by atoms with Crippen LogP contribution in [0.2, 0.25) is 0 Å². The van der Waals surface area contributed by atoms with Gasteiger partial charge in [0.2, 0.25) is 0 Å². The molecule has 0 aliphatic rings.